The molecule has 0 unspecified atom stereocenters. The van der Waals surface area contributed by atoms with Gasteiger partial charge in [0.1, 0.15) is 12.7 Å². The van der Waals surface area contributed by atoms with Crippen molar-refractivity contribution in [1.82, 2.24) is 4.98 Å². The van der Waals surface area contributed by atoms with Crippen molar-refractivity contribution in [3.8, 4) is 6.07 Å². The Morgan fingerprint density at radius 2 is 2.09 bits per heavy atom. The molecular weight excluding hydrogens is 380 g/mol. The Kier molecular flexibility index (Phi) is 6.02. The molecule has 0 bridgehead atoms. The second kappa shape index (κ2) is 7.99. The highest BCUT2D eigenvalue weighted by Crippen LogP contribution is 2.21. The fourth-order valence-corrected chi connectivity index (χ4v) is 2.96. The van der Waals surface area contributed by atoms with Crippen molar-refractivity contribution in [3.63, 3.8) is 0 Å². The first-order valence-corrected chi connectivity index (χ1v) is 8.44. The number of benzene rings is 1. The zero-order valence-corrected chi connectivity index (χ0v) is 14.7. The molecule has 0 aliphatic heterocycles. The van der Waals surface area contributed by atoms with Gasteiger partial charge < -0.3 is 9.72 Å². The second-order valence-corrected chi connectivity index (χ2v) is 6.61. The number of nitriles is 1. The summed E-state index contributed by atoms with van der Waals surface area (Å²) < 4.78 is 6.13. The first-order valence-electron chi connectivity index (χ1n) is 6.66. The summed E-state index contributed by atoms with van der Waals surface area (Å²) in [6.07, 6.45) is 0. The lowest BCUT2D eigenvalue weighted by atomic mass is 10.2. The minimum Gasteiger partial charge on any atom is -0.460 e. The summed E-state index contributed by atoms with van der Waals surface area (Å²) in [6, 6.07) is 10.8. The van der Waals surface area contributed by atoms with Gasteiger partial charge in [0, 0.05) is 10.5 Å². The van der Waals surface area contributed by atoms with Crippen LogP contribution < -0.4 is 5.56 Å². The van der Waals surface area contributed by atoms with Crippen molar-refractivity contribution in [1.29, 1.82) is 5.26 Å². The zero-order valence-electron chi connectivity index (χ0n) is 12.3. The summed E-state index contributed by atoms with van der Waals surface area (Å²) in [5, 5.41) is 9.51. The maximum Gasteiger partial charge on any atom is 0.316 e. The van der Waals surface area contributed by atoms with Gasteiger partial charge in [0.2, 0.25) is 5.56 Å². The van der Waals surface area contributed by atoms with Crippen LogP contribution in [0.3, 0.4) is 0 Å². The number of halogens is 1. The van der Waals surface area contributed by atoms with Crippen molar-refractivity contribution >= 4 is 33.7 Å². The molecule has 118 valence electrons. The Bertz CT molecular complexity index is 810. The minimum atomic E-state index is -0.413. The Balaban J connectivity index is 1.93. The summed E-state index contributed by atoms with van der Waals surface area (Å²) in [5.41, 5.74) is 1.54. The Labute approximate surface area is 145 Å². The molecule has 0 atom stereocenters. The molecule has 2 rings (SSSR count). The standard InChI is InChI=1S/C16H13BrN2O3S/c1-10-6-14(20)19-16(13(10)7-18)23-9-15(21)22-8-11-2-4-12(17)5-3-11/h2-6H,8-9H2,1H3,(H,19,20). The number of carbonyl (C=O) groups is 1. The number of pyridine rings is 1. The van der Waals surface area contributed by atoms with E-state index in [1.54, 1.807) is 6.92 Å². The van der Waals surface area contributed by atoms with Crippen molar-refractivity contribution in [2.75, 3.05) is 5.75 Å². The van der Waals surface area contributed by atoms with Crippen LogP contribution in [0.5, 0.6) is 0 Å². The number of nitrogens with zero attached hydrogens (tertiary/aromatic N) is 1. The van der Waals surface area contributed by atoms with Gasteiger partial charge in [-0.1, -0.05) is 39.8 Å². The van der Waals surface area contributed by atoms with Gasteiger partial charge in [0.25, 0.3) is 0 Å². The van der Waals surface area contributed by atoms with Gasteiger partial charge in [-0.2, -0.15) is 5.26 Å². The van der Waals surface area contributed by atoms with Gasteiger partial charge in [-0.3, -0.25) is 9.59 Å². The molecule has 0 fully saturated rings. The number of carbonyl (C=O) groups excluding carboxylic acids is 1. The number of nitrogens with one attached hydrogen (secondary N) is 1. The Hall–Kier alpha value is -2.04. The highest BCUT2D eigenvalue weighted by Gasteiger charge is 2.11. The maximum atomic E-state index is 11.8. The number of ether oxygens (including phenoxy) is 1. The normalized spacial score (nSPS) is 10.1. The topological polar surface area (TPSA) is 82.9 Å². The van der Waals surface area contributed by atoms with E-state index in [0.29, 0.717) is 16.2 Å². The molecule has 0 aliphatic rings. The third-order valence-electron chi connectivity index (χ3n) is 2.96. The smallest absolute Gasteiger partial charge is 0.316 e. The molecular formula is C16H13BrN2O3S. The molecule has 1 aromatic carbocycles. The van der Waals surface area contributed by atoms with E-state index in [1.165, 1.54) is 6.07 Å². The molecule has 0 aliphatic carbocycles. The number of thioether (sulfide) groups is 1. The predicted octanol–water partition coefficient (Wildman–Crippen LogP) is 3.15. The average Bonchev–Trinajstić information content (AvgIpc) is 2.52. The summed E-state index contributed by atoms with van der Waals surface area (Å²) in [4.78, 5) is 25.8. The molecule has 0 radical (unpaired) electrons. The van der Waals surface area contributed by atoms with Crippen molar-refractivity contribution in [3.05, 3.63) is 61.8 Å². The molecule has 1 aromatic heterocycles. The highest BCUT2D eigenvalue weighted by atomic mass is 79.9. The van der Waals surface area contributed by atoms with Gasteiger partial charge in [0.15, 0.2) is 0 Å². The van der Waals surface area contributed by atoms with Crippen molar-refractivity contribution in [2.45, 2.75) is 18.6 Å². The lowest BCUT2D eigenvalue weighted by Crippen LogP contribution is -2.11. The summed E-state index contributed by atoms with van der Waals surface area (Å²) in [6.45, 7) is 1.87. The van der Waals surface area contributed by atoms with Crippen molar-refractivity contribution in [2.24, 2.45) is 0 Å². The number of aromatic nitrogens is 1. The largest absolute Gasteiger partial charge is 0.460 e. The van der Waals surface area contributed by atoms with Crippen LogP contribution in [0.4, 0.5) is 0 Å². The van der Waals surface area contributed by atoms with Crippen molar-refractivity contribution < 1.29 is 9.53 Å². The van der Waals surface area contributed by atoms with E-state index < -0.39 is 5.97 Å². The first-order chi connectivity index (χ1) is 11.0. The van der Waals surface area contributed by atoms with E-state index in [4.69, 9.17) is 10.00 Å². The fraction of sp³-hybridized carbons (Fsp3) is 0.188. The monoisotopic (exact) mass is 392 g/mol. The van der Waals surface area contributed by atoms with E-state index in [9.17, 15) is 9.59 Å². The Morgan fingerprint density at radius 1 is 1.39 bits per heavy atom. The van der Waals surface area contributed by atoms with Crippen LogP contribution in [0.2, 0.25) is 0 Å². The van der Waals surface area contributed by atoms with Gasteiger partial charge in [-0.05, 0) is 30.2 Å². The quantitative estimate of drug-likeness (QED) is 0.623. The molecule has 0 spiro atoms. The first kappa shape index (κ1) is 17.3. The SMILES string of the molecule is Cc1cc(=O)[nH]c(SCC(=O)OCc2ccc(Br)cc2)c1C#N. The number of aromatic amines is 1. The van der Waals surface area contributed by atoms with Gasteiger partial charge in [-0.15, -0.1) is 0 Å². The van der Waals surface area contributed by atoms with E-state index in [0.717, 1.165) is 21.8 Å². The van der Waals surface area contributed by atoms with Crippen LogP contribution in [0, 0.1) is 18.3 Å². The number of aryl methyl sites for hydroxylation is 1. The van der Waals surface area contributed by atoms with E-state index in [1.807, 2.05) is 30.3 Å². The third-order valence-corrected chi connectivity index (χ3v) is 4.47. The fourth-order valence-electron chi connectivity index (χ4n) is 1.82. The summed E-state index contributed by atoms with van der Waals surface area (Å²) in [5.74, 6) is -0.394. The minimum absolute atomic E-state index is 0.0185. The van der Waals surface area contributed by atoms with E-state index in [2.05, 4.69) is 20.9 Å². The molecule has 0 saturated heterocycles. The van der Waals surface area contributed by atoms with E-state index in [-0.39, 0.29) is 17.9 Å². The number of hydrogen-bond donors (Lipinski definition) is 1. The summed E-state index contributed by atoms with van der Waals surface area (Å²) in [7, 11) is 0. The van der Waals surface area contributed by atoms with Crippen LogP contribution in [0.15, 0.2) is 44.6 Å². The highest BCUT2D eigenvalue weighted by molar-refractivity contribution is 9.10. The van der Waals surface area contributed by atoms with Gasteiger partial charge >= 0.3 is 5.97 Å². The average molecular weight is 393 g/mol. The molecule has 1 N–H and O–H groups in total. The number of rotatable bonds is 5. The maximum absolute atomic E-state index is 11.8. The van der Waals surface area contributed by atoms with E-state index >= 15 is 0 Å². The molecule has 1 heterocycles. The predicted molar refractivity (Wildman–Crippen MR) is 91.2 cm³/mol. The zero-order chi connectivity index (χ0) is 16.8. The molecule has 23 heavy (non-hydrogen) atoms. The lowest BCUT2D eigenvalue weighted by molar-refractivity contribution is -0.141. The van der Waals surface area contributed by atoms with Crippen LogP contribution in [-0.2, 0) is 16.1 Å². The molecule has 2 aromatic rings. The second-order valence-electron chi connectivity index (χ2n) is 4.71. The molecule has 0 saturated carbocycles. The number of H-pyrrole nitrogens is 1. The van der Waals surface area contributed by atoms with Gasteiger partial charge in [-0.25, -0.2) is 0 Å². The molecule has 7 heteroatoms. The number of hydrogen-bond acceptors (Lipinski definition) is 5. The van der Waals surface area contributed by atoms with Crippen LogP contribution in [0.25, 0.3) is 0 Å². The lowest BCUT2D eigenvalue weighted by Gasteiger charge is -2.07. The molecule has 0 amide bonds. The number of esters is 1. The Morgan fingerprint density at radius 3 is 2.74 bits per heavy atom. The van der Waals surface area contributed by atoms with Crippen LogP contribution >= 0.6 is 27.7 Å². The van der Waals surface area contributed by atoms with Crippen LogP contribution in [-0.4, -0.2) is 16.7 Å². The third kappa shape index (κ3) is 4.98. The van der Waals surface area contributed by atoms with Crippen LogP contribution in [0.1, 0.15) is 16.7 Å². The summed E-state index contributed by atoms with van der Waals surface area (Å²) >= 11 is 4.42. The van der Waals surface area contributed by atoms with Gasteiger partial charge in [0.05, 0.1) is 16.3 Å². The molecule has 5 nitrogen and oxygen atoms in total.